The minimum atomic E-state index is -3.79. The molecule has 0 aromatic carbocycles. The molecule has 0 unspecified atom stereocenters. The highest BCUT2D eigenvalue weighted by Crippen LogP contribution is 2.58. The number of hydrogen-bond donors (Lipinski definition) is 1. The van der Waals surface area contributed by atoms with Gasteiger partial charge in [0.05, 0.1) is 0 Å². The van der Waals surface area contributed by atoms with Crippen LogP contribution in [0, 0.1) is 0 Å². The Labute approximate surface area is 183 Å². The molecule has 0 aromatic heterocycles. The lowest BCUT2D eigenvalue weighted by Crippen LogP contribution is -2.80. The maximum Gasteiger partial charge on any atom is 0.516 e. The van der Waals surface area contributed by atoms with E-state index in [0.29, 0.717) is 5.57 Å². The van der Waals surface area contributed by atoms with Crippen LogP contribution in [0.2, 0.25) is 4.28 Å². The summed E-state index contributed by atoms with van der Waals surface area (Å²) in [4.78, 5) is 12.1. The van der Waals surface area contributed by atoms with E-state index in [2.05, 4.69) is 11.9 Å². The second-order valence-corrected chi connectivity index (χ2v) is 17.3. The fraction of sp³-hybridized carbons (Fsp3) is 0.812. The monoisotopic (exact) mass is 487 g/mol. The van der Waals surface area contributed by atoms with Crippen molar-refractivity contribution in [3.8, 4) is 0 Å². The molecular weight excluding hydrogens is 450 g/mol. The summed E-state index contributed by atoms with van der Waals surface area (Å²) in [5.41, 5.74) is 0.358. The van der Waals surface area contributed by atoms with Gasteiger partial charge in [0.2, 0.25) is 5.91 Å². The lowest BCUT2D eigenvalue weighted by molar-refractivity contribution is -0.117. The summed E-state index contributed by atoms with van der Waals surface area (Å²) in [5.74, 6) is -0.317. The van der Waals surface area contributed by atoms with Crippen LogP contribution in [0.3, 0.4) is 0 Å². The van der Waals surface area contributed by atoms with Crippen molar-refractivity contribution in [3.63, 3.8) is 0 Å². The van der Waals surface area contributed by atoms with Gasteiger partial charge in [0.15, 0.2) is 4.28 Å². The number of amides is 1. The molecule has 0 aliphatic rings. The summed E-state index contributed by atoms with van der Waals surface area (Å²) in [6, 6.07) is 0. The van der Waals surface area contributed by atoms with Gasteiger partial charge in [0, 0.05) is 76.1 Å². The Morgan fingerprint density at radius 3 is 1.17 bits per heavy atom. The first-order valence-corrected chi connectivity index (χ1v) is 14.2. The van der Waals surface area contributed by atoms with Gasteiger partial charge in [-0.15, -0.1) is 0 Å². The second-order valence-electron chi connectivity index (χ2n) is 6.20. The van der Waals surface area contributed by atoms with E-state index < -0.39 is 30.7 Å². The van der Waals surface area contributed by atoms with Gasteiger partial charge < -0.3 is 45.2 Å². The van der Waals surface area contributed by atoms with Crippen LogP contribution in [-0.2, 0) is 44.6 Å². The summed E-state index contributed by atoms with van der Waals surface area (Å²) in [5, 5.41) is 2.80. The van der Waals surface area contributed by atoms with E-state index in [1.807, 2.05) is 0 Å². The van der Waals surface area contributed by atoms with Crippen LogP contribution in [0.1, 0.15) is 13.3 Å². The van der Waals surface area contributed by atoms with E-state index in [9.17, 15) is 4.79 Å². The van der Waals surface area contributed by atoms with Gasteiger partial charge in [-0.25, -0.2) is 0 Å². The molecule has 30 heavy (non-hydrogen) atoms. The maximum atomic E-state index is 12.1. The van der Waals surface area contributed by atoms with Crippen molar-refractivity contribution in [1.29, 1.82) is 0 Å². The van der Waals surface area contributed by atoms with Gasteiger partial charge >= 0.3 is 26.4 Å². The molecule has 0 atom stereocenters. The van der Waals surface area contributed by atoms with E-state index >= 15 is 0 Å². The van der Waals surface area contributed by atoms with Crippen LogP contribution in [0.4, 0.5) is 0 Å². The van der Waals surface area contributed by atoms with Crippen LogP contribution < -0.4 is 5.32 Å². The smallest absolute Gasteiger partial charge is 0.377 e. The molecule has 0 saturated carbocycles. The average molecular weight is 488 g/mol. The zero-order valence-corrected chi connectivity index (χ0v) is 22.7. The standard InChI is InChI=1S/C16H37NO10Si3/c1-14(2)15(18)17-13-12-16(28(19-3,20-4)21-5,29(22-6,23-7)24-8)30(25-9,26-10)27-11/h1,12-13H2,2-11H3,(H,17,18). The van der Waals surface area contributed by atoms with Gasteiger partial charge in [-0.2, -0.15) is 0 Å². The molecule has 0 aliphatic heterocycles. The Morgan fingerprint density at radius 1 is 0.700 bits per heavy atom. The molecular formula is C16H37NO10Si3. The molecule has 0 heterocycles. The third kappa shape index (κ3) is 4.64. The Kier molecular flexibility index (Phi) is 12.3. The van der Waals surface area contributed by atoms with Crippen molar-refractivity contribution in [1.82, 2.24) is 5.32 Å². The highest BCUT2D eigenvalue weighted by atomic mass is 28.5. The molecule has 0 saturated heterocycles. The number of carbonyl (C=O) groups excluding carboxylic acids is 1. The fourth-order valence-corrected chi connectivity index (χ4v) is 19.8. The highest BCUT2D eigenvalue weighted by molar-refractivity contribution is 7.02. The van der Waals surface area contributed by atoms with Gasteiger partial charge in [-0.1, -0.05) is 6.58 Å². The highest BCUT2D eigenvalue weighted by Gasteiger charge is 2.88. The van der Waals surface area contributed by atoms with Crippen molar-refractivity contribution >= 4 is 32.3 Å². The maximum absolute atomic E-state index is 12.1. The predicted octanol–water partition coefficient (Wildman–Crippen LogP) is 0.522. The summed E-state index contributed by atoms with van der Waals surface area (Å²) < 4.78 is 51.5. The number of nitrogens with one attached hydrogen (secondary N) is 1. The van der Waals surface area contributed by atoms with Gasteiger partial charge in [-0.05, 0) is 13.3 Å². The molecule has 14 heteroatoms. The van der Waals surface area contributed by atoms with Crippen LogP contribution in [0.15, 0.2) is 12.2 Å². The molecule has 178 valence electrons. The van der Waals surface area contributed by atoms with Crippen molar-refractivity contribution in [3.05, 3.63) is 12.2 Å². The normalized spacial score (nSPS) is 13.4. The summed E-state index contributed by atoms with van der Waals surface area (Å²) in [6.07, 6.45) is 0.122. The molecule has 1 amide bonds. The van der Waals surface area contributed by atoms with E-state index in [4.69, 9.17) is 39.8 Å². The molecule has 0 fully saturated rings. The van der Waals surface area contributed by atoms with E-state index in [1.54, 1.807) is 6.92 Å². The molecule has 0 bridgehead atoms. The van der Waals surface area contributed by atoms with Gasteiger partial charge in [0.25, 0.3) is 0 Å². The van der Waals surface area contributed by atoms with Crippen LogP contribution >= 0.6 is 0 Å². The van der Waals surface area contributed by atoms with Gasteiger partial charge in [-0.3, -0.25) is 4.79 Å². The topological polar surface area (TPSA) is 112 Å². The molecule has 0 rings (SSSR count). The quantitative estimate of drug-likeness (QED) is 0.244. The third-order valence-corrected chi connectivity index (χ3v) is 19.4. The number of rotatable bonds is 16. The van der Waals surface area contributed by atoms with Crippen molar-refractivity contribution in [2.24, 2.45) is 0 Å². The first-order chi connectivity index (χ1) is 14.1. The molecule has 0 spiro atoms. The predicted molar refractivity (Wildman–Crippen MR) is 115 cm³/mol. The Balaban J connectivity index is 7.16. The molecule has 11 nitrogen and oxygen atoms in total. The Morgan fingerprint density at radius 2 is 0.967 bits per heavy atom. The first kappa shape index (κ1) is 29.5. The molecule has 1 N–H and O–H groups in total. The third-order valence-electron chi connectivity index (χ3n) is 5.16. The molecule has 0 radical (unpaired) electrons. The summed E-state index contributed by atoms with van der Waals surface area (Å²) >= 11 is 0. The molecule has 0 aromatic rings. The van der Waals surface area contributed by atoms with Crippen molar-refractivity contribution in [2.45, 2.75) is 17.6 Å². The van der Waals surface area contributed by atoms with Crippen molar-refractivity contribution in [2.75, 3.05) is 70.5 Å². The SMILES string of the molecule is C=C(C)C(=O)NCCC([Si](OC)(OC)OC)([Si](OC)(OC)OC)[Si](OC)(OC)OC. The number of hydrogen-bond acceptors (Lipinski definition) is 10. The minimum absolute atomic E-state index is 0.122. The zero-order valence-electron chi connectivity index (χ0n) is 19.7. The van der Waals surface area contributed by atoms with Crippen LogP contribution in [0.5, 0.6) is 0 Å². The minimum Gasteiger partial charge on any atom is -0.377 e. The first-order valence-electron chi connectivity index (χ1n) is 9.03. The number of carbonyl (C=O) groups is 1. The van der Waals surface area contributed by atoms with E-state index in [1.165, 1.54) is 64.0 Å². The largest absolute Gasteiger partial charge is 0.516 e. The second kappa shape index (κ2) is 12.5. The fourth-order valence-electron chi connectivity index (χ4n) is 3.85. The van der Waals surface area contributed by atoms with Crippen LogP contribution in [-0.4, -0.2) is 103 Å². The summed E-state index contributed by atoms with van der Waals surface area (Å²) in [7, 11) is 1.63. The summed E-state index contributed by atoms with van der Waals surface area (Å²) in [6.45, 7) is 5.39. The Bertz CT molecular complexity index is 478. The zero-order chi connectivity index (χ0) is 23.6. The van der Waals surface area contributed by atoms with E-state index in [-0.39, 0.29) is 18.9 Å². The Hall–Kier alpha value is -0.499. The lowest BCUT2D eigenvalue weighted by atomic mass is 10.3. The van der Waals surface area contributed by atoms with E-state index in [0.717, 1.165) is 0 Å². The molecule has 0 aliphatic carbocycles. The lowest BCUT2D eigenvalue weighted by Gasteiger charge is -2.53. The van der Waals surface area contributed by atoms with Gasteiger partial charge in [0.1, 0.15) is 0 Å². The average Bonchev–Trinajstić information content (AvgIpc) is 2.77. The van der Waals surface area contributed by atoms with Crippen LogP contribution in [0.25, 0.3) is 0 Å². The van der Waals surface area contributed by atoms with Crippen molar-refractivity contribution < 1.29 is 44.6 Å².